The Morgan fingerprint density at radius 3 is 2.50 bits per heavy atom. The summed E-state index contributed by atoms with van der Waals surface area (Å²) in [6, 6.07) is 0. The van der Waals surface area contributed by atoms with Crippen LogP contribution in [0.15, 0.2) is 4.99 Å². The van der Waals surface area contributed by atoms with E-state index < -0.39 is 0 Å². The summed E-state index contributed by atoms with van der Waals surface area (Å²) in [5, 5.41) is 6.63. The Kier molecular flexibility index (Phi) is 15.6. The van der Waals surface area contributed by atoms with Crippen LogP contribution in [0.4, 0.5) is 0 Å². The molecule has 0 bridgehead atoms. The number of aliphatic imine (C=N–C) groups is 1. The van der Waals surface area contributed by atoms with Crippen LogP contribution in [0.3, 0.4) is 0 Å². The van der Waals surface area contributed by atoms with Gasteiger partial charge in [0, 0.05) is 33.4 Å². The number of rotatable bonds is 13. The molecule has 5 nitrogen and oxygen atoms in total. The number of hydrogen-bond donors (Lipinski definition) is 2. The summed E-state index contributed by atoms with van der Waals surface area (Å²) in [4.78, 5) is 4.53. The largest absolute Gasteiger partial charge is 0.382 e. The summed E-state index contributed by atoms with van der Waals surface area (Å²) in [7, 11) is 1.68. The van der Waals surface area contributed by atoms with E-state index in [-0.39, 0.29) is 0 Å². The zero-order chi connectivity index (χ0) is 14.9. The van der Waals surface area contributed by atoms with Crippen LogP contribution in [0.1, 0.15) is 46.0 Å². The third kappa shape index (κ3) is 13.6. The fourth-order valence-electron chi connectivity index (χ4n) is 1.70. The van der Waals surface area contributed by atoms with Gasteiger partial charge in [0.25, 0.3) is 0 Å². The topological polar surface area (TPSA) is 54.9 Å². The van der Waals surface area contributed by atoms with E-state index in [1.807, 2.05) is 0 Å². The Morgan fingerprint density at radius 2 is 1.80 bits per heavy atom. The van der Waals surface area contributed by atoms with E-state index in [1.54, 1.807) is 7.11 Å². The molecule has 0 aromatic carbocycles. The lowest BCUT2D eigenvalue weighted by atomic mass is 10.2. The molecule has 0 aliphatic rings. The summed E-state index contributed by atoms with van der Waals surface area (Å²) < 4.78 is 10.3. The van der Waals surface area contributed by atoms with E-state index in [2.05, 4.69) is 29.5 Å². The second-order valence-electron chi connectivity index (χ2n) is 4.71. The van der Waals surface area contributed by atoms with Crippen molar-refractivity contribution in [3.8, 4) is 0 Å². The van der Waals surface area contributed by atoms with E-state index in [1.165, 1.54) is 25.7 Å². The first-order valence-corrected chi connectivity index (χ1v) is 7.94. The first-order chi connectivity index (χ1) is 9.85. The van der Waals surface area contributed by atoms with E-state index >= 15 is 0 Å². The zero-order valence-corrected chi connectivity index (χ0v) is 13.5. The number of ether oxygens (including phenoxy) is 2. The van der Waals surface area contributed by atoms with Gasteiger partial charge in [0.05, 0.1) is 13.2 Å². The van der Waals surface area contributed by atoms with Crippen molar-refractivity contribution in [2.24, 2.45) is 4.99 Å². The molecule has 0 radical (unpaired) electrons. The van der Waals surface area contributed by atoms with Crippen molar-refractivity contribution >= 4 is 5.96 Å². The Labute approximate surface area is 124 Å². The molecule has 2 N–H and O–H groups in total. The van der Waals surface area contributed by atoms with Gasteiger partial charge < -0.3 is 20.1 Å². The summed E-state index contributed by atoms with van der Waals surface area (Å²) in [5.74, 6) is 0.917. The van der Waals surface area contributed by atoms with Gasteiger partial charge in [-0.15, -0.1) is 0 Å². The summed E-state index contributed by atoms with van der Waals surface area (Å²) in [5.41, 5.74) is 0. The minimum absolute atomic E-state index is 0.658. The highest BCUT2D eigenvalue weighted by molar-refractivity contribution is 5.79. The molecule has 0 aromatic heterocycles. The van der Waals surface area contributed by atoms with E-state index in [4.69, 9.17) is 9.47 Å². The number of methoxy groups -OCH3 is 1. The normalized spacial score (nSPS) is 11.7. The highest BCUT2D eigenvalue weighted by Crippen LogP contribution is 1.96. The third-order valence-electron chi connectivity index (χ3n) is 2.82. The van der Waals surface area contributed by atoms with Crippen LogP contribution in [-0.4, -0.2) is 52.5 Å². The monoisotopic (exact) mass is 287 g/mol. The molecular weight excluding hydrogens is 254 g/mol. The molecule has 0 rings (SSSR count). The van der Waals surface area contributed by atoms with E-state index in [0.29, 0.717) is 13.2 Å². The fraction of sp³-hybridized carbons (Fsp3) is 0.933. The van der Waals surface area contributed by atoms with E-state index in [0.717, 1.165) is 38.6 Å². The molecule has 0 fully saturated rings. The zero-order valence-electron chi connectivity index (χ0n) is 13.5. The van der Waals surface area contributed by atoms with Crippen molar-refractivity contribution in [3.63, 3.8) is 0 Å². The minimum atomic E-state index is 0.658. The second-order valence-corrected chi connectivity index (χ2v) is 4.71. The van der Waals surface area contributed by atoms with Crippen LogP contribution < -0.4 is 10.6 Å². The van der Waals surface area contributed by atoms with Crippen molar-refractivity contribution in [2.75, 3.05) is 46.6 Å². The standard InChI is InChI=1S/C15H33N3O2/c1-4-6-7-8-10-17-15(16-5-2)18-11-9-12-20-14-13-19-3/h4-14H2,1-3H3,(H2,16,17,18). The van der Waals surface area contributed by atoms with Crippen molar-refractivity contribution in [2.45, 2.75) is 46.0 Å². The lowest BCUT2D eigenvalue weighted by Gasteiger charge is -2.11. The highest BCUT2D eigenvalue weighted by atomic mass is 16.5. The van der Waals surface area contributed by atoms with Crippen LogP contribution in [0.5, 0.6) is 0 Å². The van der Waals surface area contributed by atoms with Crippen LogP contribution in [0.25, 0.3) is 0 Å². The van der Waals surface area contributed by atoms with Crippen molar-refractivity contribution in [1.29, 1.82) is 0 Å². The van der Waals surface area contributed by atoms with Crippen LogP contribution in [0.2, 0.25) is 0 Å². The number of nitrogens with zero attached hydrogens (tertiary/aromatic N) is 1. The average Bonchev–Trinajstić information content (AvgIpc) is 2.46. The van der Waals surface area contributed by atoms with Crippen molar-refractivity contribution < 1.29 is 9.47 Å². The number of guanidine groups is 1. The molecule has 0 spiro atoms. The number of hydrogen-bond acceptors (Lipinski definition) is 3. The molecule has 0 saturated carbocycles. The molecular formula is C15H33N3O2. The summed E-state index contributed by atoms with van der Waals surface area (Å²) in [6.45, 7) is 9.05. The second kappa shape index (κ2) is 16.2. The first kappa shape index (κ1) is 19.2. The number of unbranched alkanes of at least 4 members (excludes halogenated alkanes) is 3. The van der Waals surface area contributed by atoms with Gasteiger partial charge in [-0.2, -0.15) is 0 Å². The molecule has 0 aliphatic carbocycles. The Balaban J connectivity index is 3.61. The Hall–Kier alpha value is -0.810. The van der Waals surface area contributed by atoms with Crippen molar-refractivity contribution in [1.82, 2.24) is 10.6 Å². The van der Waals surface area contributed by atoms with Crippen molar-refractivity contribution in [3.05, 3.63) is 0 Å². The predicted octanol–water partition coefficient (Wildman–Crippen LogP) is 2.17. The summed E-state index contributed by atoms with van der Waals surface area (Å²) in [6.07, 6.45) is 6.02. The Morgan fingerprint density at radius 1 is 0.950 bits per heavy atom. The van der Waals surface area contributed by atoms with Gasteiger partial charge in [-0.25, -0.2) is 0 Å². The van der Waals surface area contributed by atoms with Gasteiger partial charge >= 0.3 is 0 Å². The highest BCUT2D eigenvalue weighted by Gasteiger charge is 1.96. The molecule has 0 unspecified atom stereocenters. The maximum Gasteiger partial charge on any atom is 0.191 e. The Bertz CT molecular complexity index is 223. The molecule has 0 heterocycles. The lowest BCUT2D eigenvalue weighted by molar-refractivity contribution is 0.0702. The van der Waals surface area contributed by atoms with Crippen LogP contribution in [-0.2, 0) is 9.47 Å². The predicted molar refractivity (Wildman–Crippen MR) is 85.4 cm³/mol. The quantitative estimate of drug-likeness (QED) is 0.310. The molecule has 0 atom stereocenters. The molecule has 0 aliphatic heterocycles. The molecule has 20 heavy (non-hydrogen) atoms. The lowest BCUT2D eigenvalue weighted by Crippen LogP contribution is -2.37. The molecule has 0 aromatic rings. The fourth-order valence-corrected chi connectivity index (χ4v) is 1.70. The molecule has 0 saturated heterocycles. The van der Waals surface area contributed by atoms with Gasteiger partial charge in [0.1, 0.15) is 0 Å². The number of nitrogens with one attached hydrogen (secondary N) is 2. The SMILES string of the molecule is CCCCCCNC(=NCCCOCCOC)NCC. The molecule has 0 amide bonds. The van der Waals surface area contributed by atoms with Crippen LogP contribution in [0, 0.1) is 0 Å². The van der Waals surface area contributed by atoms with Gasteiger partial charge in [0.2, 0.25) is 0 Å². The summed E-state index contributed by atoms with van der Waals surface area (Å²) >= 11 is 0. The van der Waals surface area contributed by atoms with Gasteiger partial charge in [-0.05, 0) is 19.8 Å². The third-order valence-corrected chi connectivity index (χ3v) is 2.82. The van der Waals surface area contributed by atoms with Gasteiger partial charge in [0.15, 0.2) is 5.96 Å². The average molecular weight is 287 g/mol. The maximum absolute atomic E-state index is 5.41. The molecule has 120 valence electrons. The minimum Gasteiger partial charge on any atom is -0.382 e. The first-order valence-electron chi connectivity index (χ1n) is 7.94. The van der Waals surface area contributed by atoms with Crippen LogP contribution >= 0.6 is 0 Å². The smallest absolute Gasteiger partial charge is 0.191 e. The molecule has 5 heteroatoms. The van der Waals surface area contributed by atoms with E-state index in [9.17, 15) is 0 Å². The van der Waals surface area contributed by atoms with Gasteiger partial charge in [-0.3, -0.25) is 4.99 Å². The maximum atomic E-state index is 5.41. The van der Waals surface area contributed by atoms with Gasteiger partial charge in [-0.1, -0.05) is 26.2 Å².